The lowest BCUT2D eigenvalue weighted by Crippen LogP contribution is -2.38. The molecule has 3 aliphatic rings. The highest BCUT2D eigenvalue weighted by atomic mass is 16.5. The first-order valence-corrected chi connectivity index (χ1v) is 7.24. The van der Waals surface area contributed by atoms with Crippen LogP contribution in [0.1, 0.15) is 18.1 Å². The Morgan fingerprint density at radius 3 is 2.57 bits per heavy atom. The van der Waals surface area contributed by atoms with Gasteiger partial charge in [-0.1, -0.05) is 18.2 Å². The molecule has 0 aliphatic carbocycles. The molecule has 4 heteroatoms. The van der Waals surface area contributed by atoms with Crippen LogP contribution in [-0.4, -0.2) is 23.5 Å². The monoisotopic (exact) mass is 283 g/mol. The van der Waals surface area contributed by atoms with E-state index in [0.29, 0.717) is 5.69 Å². The van der Waals surface area contributed by atoms with Crippen molar-refractivity contribution in [3.05, 3.63) is 41.5 Å². The van der Waals surface area contributed by atoms with Crippen LogP contribution in [0.5, 0.6) is 0 Å². The van der Waals surface area contributed by atoms with Gasteiger partial charge in [-0.3, -0.25) is 9.59 Å². The van der Waals surface area contributed by atoms with Gasteiger partial charge in [-0.05, 0) is 44.0 Å². The van der Waals surface area contributed by atoms with Crippen molar-refractivity contribution < 1.29 is 14.3 Å². The van der Waals surface area contributed by atoms with E-state index in [1.54, 1.807) is 0 Å². The van der Waals surface area contributed by atoms with Gasteiger partial charge < -0.3 is 4.74 Å². The van der Waals surface area contributed by atoms with E-state index >= 15 is 0 Å². The highest BCUT2D eigenvalue weighted by Gasteiger charge is 2.65. The molecule has 2 bridgehead atoms. The molecule has 0 spiro atoms. The average molecular weight is 283 g/mol. The summed E-state index contributed by atoms with van der Waals surface area (Å²) in [6.45, 7) is 5.89. The lowest BCUT2D eigenvalue weighted by molar-refractivity contribution is -0.126. The zero-order chi connectivity index (χ0) is 14.9. The van der Waals surface area contributed by atoms with Crippen molar-refractivity contribution in [2.75, 3.05) is 4.90 Å². The molecule has 3 aliphatic heterocycles. The van der Waals surface area contributed by atoms with Gasteiger partial charge >= 0.3 is 0 Å². The molecular weight excluding hydrogens is 266 g/mol. The van der Waals surface area contributed by atoms with Crippen LogP contribution in [0.2, 0.25) is 0 Å². The summed E-state index contributed by atoms with van der Waals surface area (Å²) >= 11 is 0. The molecule has 1 aromatic carbocycles. The number of hydrogen-bond donors (Lipinski definition) is 0. The van der Waals surface area contributed by atoms with Gasteiger partial charge in [0.15, 0.2) is 0 Å². The zero-order valence-corrected chi connectivity index (χ0v) is 12.3. The fraction of sp³-hybridized carbons (Fsp3) is 0.412. The number of rotatable bonds is 1. The molecule has 0 N–H and O–H groups in total. The molecule has 0 unspecified atom stereocenters. The van der Waals surface area contributed by atoms with Crippen LogP contribution in [0, 0.1) is 25.7 Å². The van der Waals surface area contributed by atoms with Crippen LogP contribution in [0.15, 0.2) is 30.4 Å². The first-order valence-electron chi connectivity index (χ1n) is 7.24. The Kier molecular flexibility index (Phi) is 2.33. The molecule has 1 aromatic rings. The number of aryl methyl sites for hydroxylation is 2. The van der Waals surface area contributed by atoms with Crippen molar-refractivity contribution in [2.45, 2.75) is 32.5 Å². The quantitative estimate of drug-likeness (QED) is 0.586. The fourth-order valence-corrected chi connectivity index (χ4v) is 3.77. The Bertz CT molecular complexity index is 708. The van der Waals surface area contributed by atoms with E-state index in [4.69, 9.17) is 4.74 Å². The number of hydrogen-bond acceptors (Lipinski definition) is 3. The second-order valence-corrected chi connectivity index (χ2v) is 6.41. The molecular formula is C17H17NO3. The van der Waals surface area contributed by atoms with Crippen LogP contribution < -0.4 is 4.90 Å². The number of carbonyl (C=O) groups is 2. The van der Waals surface area contributed by atoms with E-state index in [2.05, 4.69) is 0 Å². The van der Waals surface area contributed by atoms with Gasteiger partial charge in [-0.15, -0.1) is 0 Å². The summed E-state index contributed by atoms with van der Waals surface area (Å²) in [5.74, 6) is -1.02. The molecule has 0 radical (unpaired) electrons. The topological polar surface area (TPSA) is 46.6 Å². The summed E-state index contributed by atoms with van der Waals surface area (Å²) in [6, 6.07) is 5.70. The maximum atomic E-state index is 12.8. The van der Waals surface area contributed by atoms with Crippen LogP contribution in [0.4, 0.5) is 5.69 Å². The minimum atomic E-state index is -0.628. The lowest BCUT2D eigenvalue weighted by atomic mass is 9.78. The summed E-state index contributed by atoms with van der Waals surface area (Å²) in [4.78, 5) is 26.8. The SMILES string of the molecule is Cc1ccc(N2C(=O)[C@@H]3[C@@H](C2=O)[C@@]2(C)C=C[C@H]3O2)cc1C. The molecule has 108 valence electrons. The summed E-state index contributed by atoms with van der Waals surface area (Å²) in [5, 5.41) is 0. The zero-order valence-electron chi connectivity index (χ0n) is 12.3. The van der Waals surface area contributed by atoms with E-state index in [1.807, 2.05) is 51.1 Å². The van der Waals surface area contributed by atoms with Gasteiger partial charge in [0, 0.05) is 0 Å². The number of ether oxygens (including phenoxy) is 1. The lowest BCUT2D eigenvalue weighted by Gasteiger charge is -2.24. The Balaban J connectivity index is 1.78. The molecule has 0 aromatic heterocycles. The third kappa shape index (κ3) is 1.48. The normalized spacial score (nSPS) is 36.7. The maximum Gasteiger partial charge on any atom is 0.241 e. The van der Waals surface area contributed by atoms with Crippen LogP contribution >= 0.6 is 0 Å². The minimum absolute atomic E-state index is 0.133. The second kappa shape index (κ2) is 3.83. The van der Waals surface area contributed by atoms with E-state index in [1.165, 1.54) is 4.90 Å². The molecule has 4 rings (SSSR count). The standard InChI is InChI=1S/C17H17NO3/c1-9-4-5-11(8-10(9)2)18-15(19)13-12-6-7-17(3,21-12)14(13)16(18)20/h4-8,12-14H,1-3H3/t12-,13+,14+,17-/m1/s1. The first kappa shape index (κ1) is 12.8. The molecule has 21 heavy (non-hydrogen) atoms. The first-order chi connectivity index (χ1) is 9.92. The van der Waals surface area contributed by atoms with Crippen LogP contribution in [-0.2, 0) is 14.3 Å². The number of benzene rings is 1. The van der Waals surface area contributed by atoms with Gasteiger partial charge in [-0.25, -0.2) is 4.90 Å². The Morgan fingerprint density at radius 2 is 1.90 bits per heavy atom. The summed E-state index contributed by atoms with van der Waals surface area (Å²) in [6.07, 6.45) is 3.58. The third-order valence-electron chi connectivity index (χ3n) is 5.08. The van der Waals surface area contributed by atoms with E-state index in [9.17, 15) is 9.59 Å². The largest absolute Gasteiger partial charge is 0.362 e. The van der Waals surface area contributed by atoms with Crippen molar-refractivity contribution in [3.63, 3.8) is 0 Å². The smallest absolute Gasteiger partial charge is 0.241 e. The maximum absolute atomic E-state index is 12.8. The Labute approximate surface area is 123 Å². The van der Waals surface area contributed by atoms with Crippen molar-refractivity contribution >= 4 is 17.5 Å². The molecule has 4 nitrogen and oxygen atoms in total. The van der Waals surface area contributed by atoms with Gasteiger partial charge in [-0.2, -0.15) is 0 Å². The number of fused-ring (bicyclic) bond motifs is 5. The number of nitrogens with zero attached hydrogens (tertiary/aromatic N) is 1. The minimum Gasteiger partial charge on any atom is -0.362 e. The van der Waals surface area contributed by atoms with E-state index < -0.39 is 5.60 Å². The molecule has 2 fully saturated rings. The number of anilines is 1. The third-order valence-corrected chi connectivity index (χ3v) is 5.08. The van der Waals surface area contributed by atoms with Gasteiger partial charge in [0.1, 0.15) is 0 Å². The second-order valence-electron chi connectivity index (χ2n) is 6.41. The predicted octanol–water partition coefficient (Wildman–Crippen LogP) is 2.14. The Hall–Kier alpha value is -1.94. The van der Waals surface area contributed by atoms with Crippen LogP contribution in [0.25, 0.3) is 0 Å². The van der Waals surface area contributed by atoms with E-state index in [-0.39, 0.29) is 29.8 Å². The van der Waals surface area contributed by atoms with Crippen LogP contribution in [0.3, 0.4) is 0 Å². The fourth-order valence-electron chi connectivity index (χ4n) is 3.77. The number of carbonyl (C=O) groups excluding carboxylic acids is 2. The average Bonchev–Trinajstić information content (AvgIpc) is 3.03. The molecule has 4 atom stereocenters. The highest BCUT2D eigenvalue weighted by Crippen LogP contribution is 2.52. The molecule has 0 saturated carbocycles. The summed E-state index contributed by atoms with van der Waals surface area (Å²) in [7, 11) is 0. The molecule has 2 saturated heterocycles. The predicted molar refractivity (Wildman–Crippen MR) is 77.8 cm³/mol. The van der Waals surface area contributed by atoms with Gasteiger partial charge in [0.2, 0.25) is 11.8 Å². The summed E-state index contributed by atoms with van der Waals surface area (Å²) < 4.78 is 5.82. The highest BCUT2D eigenvalue weighted by molar-refractivity contribution is 6.23. The van der Waals surface area contributed by atoms with Gasteiger partial charge in [0.05, 0.1) is 29.2 Å². The molecule has 3 heterocycles. The Morgan fingerprint density at radius 1 is 1.14 bits per heavy atom. The summed E-state index contributed by atoms with van der Waals surface area (Å²) in [5.41, 5.74) is 2.27. The van der Waals surface area contributed by atoms with Gasteiger partial charge in [0.25, 0.3) is 0 Å². The van der Waals surface area contributed by atoms with Crippen molar-refractivity contribution in [2.24, 2.45) is 11.8 Å². The van der Waals surface area contributed by atoms with Crippen molar-refractivity contribution in [1.82, 2.24) is 0 Å². The van der Waals surface area contributed by atoms with E-state index in [0.717, 1.165) is 11.1 Å². The number of imide groups is 1. The number of amides is 2. The van der Waals surface area contributed by atoms with Crippen molar-refractivity contribution in [1.29, 1.82) is 0 Å². The van der Waals surface area contributed by atoms with Crippen molar-refractivity contribution in [3.8, 4) is 0 Å². The molecule has 2 amide bonds.